The van der Waals surface area contributed by atoms with Crippen molar-refractivity contribution >= 4 is 40.4 Å². The number of halogens is 3. The Hall–Kier alpha value is -4.12. The zero-order valence-electron chi connectivity index (χ0n) is 20.0. The van der Waals surface area contributed by atoms with Gasteiger partial charge in [0.2, 0.25) is 0 Å². The molecule has 0 bridgehead atoms. The molecule has 0 radical (unpaired) electrons. The third kappa shape index (κ3) is 5.42. The summed E-state index contributed by atoms with van der Waals surface area (Å²) in [6.07, 6.45) is -0.000328. The summed E-state index contributed by atoms with van der Waals surface area (Å²) in [5, 5.41) is 0.874. The minimum absolute atomic E-state index is 0.0632. The normalized spacial score (nSPS) is 14.0. The first-order valence-corrected chi connectivity index (χ1v) is 12.6. The Morgan fingerprint density at radius 1 is 0.842 bits per heavy atom. The molecule has 0 saturated carbocycles. The SMILES string of the molecule is O=C(c1cccnc1)N1CCN(C(=O)c2ccc(NSc3cccc4cccnc34)c(C(F)(F)F)c2)CC1. The number of fused-ring (bicyclic) bond motifs is 1. The fraction of sp³-hybridized carbons (Fsp3) is 0.185. The van der Waals surface area contributed by atoms with Gasteiger partial charge in [-0.25, -0.2) is 0 Å². The molecule has 2 amide bonds. The second-order valence-corrected chi connectivity index (χ2v) is 9.47. The molecule has 38 heavy (non-hydrogen) atoms. The molecule has 2 aromatic heterocycles. The quantitative estimate of drug-likeness (QED) is 0.345. The Balaban J connectivity index is 1.29. The molecule has 1 fully saturated rings. The van der Waals surface area contributed by atoms with Crippen LogP contribution in [0, 0.1) is 0 Å². The molecule has 2 aromatic carbocycles. The summed E-state index contributed by atoms with van der Waals surface area (Å²) in [6.45, 7) is 0.994. The molecule has 1 aliphatic heterocycles. The second kappa shape index (κ2) is 10.7. The van der Waals surface area contributed by atoms with Gasteiger partial charge < -0.3 is 14.5 Å². The number of amides is 2. The zero-order valence-corrected chi connectivity index (χ0v) is 20.8. The van der Waals surface area contributed by atoms with Crippen LogP contribution < -0.4 is 4.72 Å². The first-order chi connectivity index (χ1) is 18.3. The van der Waals surface area contributed by atoms with E-state index in [9.17, 15) is 22.8 Å². The fourth-order valence-electron chi connectivity index (χ4n) is 4.24. The number of pyridine rings is 2. The lowest BCUT2D eigenvalue weighted by atomic mass is 10.1. The molecule has 0 unspecified atom stereocenters. The van der Waals surface area contributed by atoms with E-state index in [2.05, 4.69) is 14.7 Å². The molecular formula is C27H22F3N5O2S. The number of nitrogens with one attached hydrogen (secondary N) is 1. The molecule has 3 heterocycles. The molecule has 0 atom stereocenters. The predicted octanol–water partition coefficient (Wildman–Crippen LogP) is 5.37. The van der Waals surface area contributed by atoms with Gasteiger partial charge in [0.25, 0.3) is 11.8 Å². The van der Waals surface area contributed by atoms with Crippen LogP contribution in [0.4, 0.5) is 18.9 Å². The van der Waals surface area contributed by atoms with E-state index < -0.39 is 17.6 Å². The van der Waals surface area contributed by atoms with Crippen LogP contribution in [-0.2, 0) is 6.18 Å². The van der Waals surface area contributed by atoms with Gasteiger partial charge in [-0.2, -0.15) is 13.2 Å². The highest BCUT2D eigenvalue weighted by Crippen LogP contribution is 2.38. The summed E-state index contributed by atoms with van der Waals surface area (Å²) in [6, 6.07) is 16.0. The number of anilines is 1. The monoisotopic (exact) mass is 537 g/mol. The maximum absolute atomic E-state index is 14.0. The van der Waals surface area contributed by atoms with Gasteiger partial charge in [-0.3, -0.25) is 19.6 Å². The van der Waals surface area contributed by atoms with Crippen LogP contribution in [0.15, 0.2) is 84.1 Å². The van der Waals surface area contributed by atoms with Crippen LogP contribution in [0.1, 0.15) is 26.3 Å². The number of benzene rings is 2. The van der Waals surface area contributed by atoms with Crippen molar-refractivity contribution in [3.63, 3.8) is 0 Å². The van der Waals surface area contributed by atoms with E-state index in [1.165, 1.54) is 23.2 Å². The number of piperazine rings is 1. The minimum atomic E-state index is -4.68. The number of rotatable bonds is 5. The molecule has 7 nitrogen and oxygen atoms in total. The van der Waals surface area contributed by atoms with E-state index in [1.807, 2.05) is 18.2 Å². The lowest BCUT2D eigenvalue weighted by molar-refractivity contribution is -0.136. The smallest absolute Gasteiger partial charge is 0.335 e. The lowest BCUT2D eigenvalue weighted by Crippen LogP contribution is -2.50. The second-order valence-electron chi connectivity index (χ2n) is 8.62. The highest BCUT2D eigenvalue weighted by Gasteiger charge is 2.35. The number of hydrogen-bond acceptors (Lipinski definition) is 6. The van der Waals surface area contributed by atoms with Gasteiger partial charge in [-0.15, -0.1) is 0 Å². The summed E-state index contributed by atoms with van der Waals surface area (Å²) in [7, 11) is 0. The Morgan fingerprint density at radius 2 is 1.53 bits per heavy atom. The predicted molar refractivity (Wildman–Crippen MR) is 139 cm³/mol. The molecule has 5 rings (SSSR count). The third-order valence-electron chi connectivity index (χ3n) is 6.20. The highest BCUT2D eigenvalue weighted by atomic mass is 32.2. The first-order valence-electron chi connectivity index (χ1n) is 11.8. The number of para-hydroxylation sites is 1. The number of carbonyl (C=O) groups excluding carboxylic acids is 2. The average Bonchev–Trinajstić information content (AvgIpc) is 2.95. The summed E-state index contributed by atoms with van der Waals surface area (Å²) in [5.74, 6) is -0.708. The number of alkyl halides is 3. The molecule has 1 aliphatic rings. The zero-order chi connectivity index (χ0) is 26.7. The van der Waals surface area contributed by atoms with Crippen LogP contribution >= 0.6 is 11.9 Å². The van der Waals surface area contributed by atoms with E-state index in [0.717, 1.165) is 23.4 Å². The van der Waals surface area contributed by atoms with Gasteiger partial charge in [0.05, 0.1) is 27.2 Å². The van der Waals surface area contributed by atoms with Gasteiger partial charge in [0.15, 0.2) is 0 Å². The summed E-state index contributed by atoms with van der Waals surface area (Å²) in [5.41, 5.74) is -0.0311. The summed E-state index contributed by atoms with van der Waals surface area (Å²) < 4.78 is 44.7. The number of aromatic nitrogens is 2. The molecule has 0 spiro atoms. The molecule has 194 valence electrons. The van der Waals surface area contributed by atoms with E-state index in [4.69, 9.17) is 0 Å². The van der Waals surface area contributed by atoms with Crippen molar-refractivity contribution in [2.45, 2.75) is 11.1 Å². The van der Waals surface area contributed by atoms with Crippen LogP contribution in [0.2, 0.25) is 0 Å². The van der Waals surface area contributed by atoms with Gasteiger partial charge in [-0.1, -0.05) is 18.2 Å². The van der Waals surface area contributed by atoms with Gasteiger partial charge in [-0.05, 0) is 54.4 Å². The van der Waals surface area contributed by atoms with Crippen LogP contribution in [0.3, 0.4) is 0 Å². The van der Waals surface area contributed by atoms with Crippen LogP contribution in [0.5, 0.6) is 0 Å². The molecule has 1 N–H and O–H groups in total. The average molecular weight is 538 g/mol. The van der Waals surface area contributed by atoms with Gasteiger partial charge >= 0.3 is 6.18 Å². The van der Waals surface area contributed by atoms with Crippen LogP contribution in [0.25, 0.3) is 10.9 Å². The Morgan fingerprint density at radius 3 is 2.21 bits per heavy atom. The van der Waals surface area contributed by atoms with Crippen molar-refractivity contribution in [2.24, 2.45) is 0 Å². The van der Waals surface area contributed by atoms with Gasteiger partial charge in [0, 0.05) is 55.7 Å². The Labute approximate surface area is 220 Å². The van der Waals surface area contributed by atoms with Crippen molar-refractivity contribution in [2.75, 3.05) is 30.9 Å². The van der Waals surface area contributed by atoms with E-state index >= 15 is 0 Å². The molecule has 0 aliphatic carbocycles. The highest BCUT2D eigenvalue weighted by molar-refractivity contribution is 8.00. The number of hydrogen-bond donors (Lipinski definition) is 1. The van der Waals surface area contributed by atoms with Gasteiger partial charge in [0.1, 0.15) is 0 Å². The fourth-order valence-corrected chi connectivity index (χ4v) is 5.05. The summed E-state index contributed by atoms with van der Waals surface area (Å²) >= 11 is 1.03. The molecule has 11 heteroatoms. The van der Waals surface area contributed by atoms with Crippen molar-refractivity contribution in [3.05, 3.63) is 95.9 Å². The summed E-state index contributed by atoms with van der Waals surface area (Å²) in [4.78, 5) is 37.7. The lowest BCUT2D eigenvalue weighted by Gasteiger charge is -2.35. The largest absolute Gasteiger partial charge is 0.418 e. The maximum Gasteiger partial charge on any atom is 0.418 e. The number of nitrogens with zero attached hydrogens (tertiary/aromatic N) is 4. The maximum atomic E-state index is 14.0. The standard InChI is InChI=1S/C27H22F3N5O2S/c28-27(29,30)21-16-19(8-9-22(21)33-38-23-7-1-4-18-5-3-11-32-24(18)23)25(36)34-12-14-35(15-13-34)26(37)20-6-2-10-31-17-20/h1-11,16-17,33H,12-15H2. The van der Waals surface area contributed by atoms with E-state index in [-0.39, 0.29) is 43.3 Å². The Bertz CT molecular complexity index is 1470. The molecule has 4 aromatic rings. The van der Waals surface area contributed by atoms with Crippen molar-refractivity contribution < 1.29 is 22.8 Å². The van der Waals surface area contributed by atoms with Crippen molar-refractivity contribution in [1.29, 1.82) is 0 Å². The third-order valence-corrected chi connectivity index (χ3v) is 7.07. The molecule has 1 saturated heterocycles. The van der Waals surface area contributed by atoms with Crippen molar-refractivity contribution in [1.82, 2.24) is 19.8 Å². The first kappa shape index (κ1) is 25.5. The van der Waals surface area contributed by atoms with Crippen LogP contribution in [-0.4, -0.2) is 57.8 Å². The van der Waals surface area contributed by atoms with Crippen molar-refractivity contribution in [3.8, 4) is 0 Å². The van der Waals surface area contributed by atoms with E-state index in [1.54, 1.807) is 41.6 Å². The molecular weight excluding hydrogens is 515 g/mol. The van der Waals surface area contributed by atoms with E-state index in [0.29, 0.717) is 16.0 Å². The number of carbonyl (C=O) groups is 2. The Kier molecular flexibility index (Phi) is 7.19. The topological polar surface area (TPSA) is 78.4 Å². The minimum Gasteiger partial charge on any atom is -0.335 e.